The Kier molecular flexibility index (Phi) is 1.95. The number of rotatable bonds is 2. The number of ether oxygens (including phenoxy) is 1. The van der Waals surface area contributed by atoms with Gasteiger partial charge in [-0.1, -0.05) is 25.1 Å². The largest absolute Gasteiger partial charge is 0.477 e. The monoisotopic (exact) mass is 191 g/mol. The van der Waals surface area contributed by atoms with E-state index in [-0.39, 0.29) is 5.91 Å². The topological polar surface area (TPSA) is 52.3 Å². The molecule has 74 valence electrons. The van der Waals surface area contributed by atoms with E-state index in [1.165, 1.54) is 0 Å². The standard InChI is InChI=1S/C11H13NO2/c1-2-11(10(12)13)7-8-5-3-4-6-9(8)14-11/h3-6H,2,7H2,1H3,(H2,12,13). The zero-order valence-electron chi connectivity index (χ0n) is 8.12. The second-order valence-corrected chi connectivity index (χ2v) is 3.60. The van der Waals surface area contributed by atoms with Crippen LogP contribution < -0.4 is 10.5 Å². The predicted octanol–water partition coefficient (Wildman–Crippen LogP) is 1.26. The van der Waals surface area contributed by atoms with Crippen LogP contribution in [0, 0.1) is 0 Å². The van der Waals surface area contributed by atoms with Gasteiger partial charge >= 0.3 is 0 Å². The minimum absolute atomic E-state index is 0.379. The molecule has 1 amide bonds. The van der Waals surface area contributed by atoms with Gasteiger partial charge in [0, 0.05) is 6.42 Å². The zero-order valence-corrected chi connectivity index (χ0v) is 8.12. The molecule has 0 aromatic heterocycles. The highest BCUT2D eigenvalue weighted by atomic mass is 16.5. The lowest BCUT2D eigenvalue weighted by molar-refractivity contribution is -0.132. The van der Waals surface area contributed by atoms with Gasteiger partial charge in [0.1, 0.15) is 5.75 Å². The molecule has 1 aromatic rings. The minimum atomic E-state index is -0.816. The average Bonchev–Trinajstić information content (AvgIpc) is 2.57. The van der Waals surface area contributed by atoms with Gasteiger partial charge in [0.25, 0.3) is 5.91 Å². The van der Waals surface area contributed by atoms with Crippen LogP contribution >= 0.6 is 0 Å². The smallest absolute Gasteiger partial charge is 0.261 e. The van der Waals surface area contributed by atoms with Gasteiger partial charge in [0.15, 0.2) is 5.60 Å². The first-order chi connectivity index (χ1) is 6.68. The quantitative estimate of drug-likeness (QED) is 0.765. The lowest BCUT2D eigenvalue weighted by Crippen LogP contribution is -2.47. The summed E-state index contributed by atoms with van der Waals surface area (Å²) < 4.78 is 5.63. The molecule has 0 spiro atoms. The van der Waals surface area contributed by atoms with E-state index in [4.69, 9.17) is 10.5 Å². The van der Waals surface area contributed by atoms with Crippen molar-refractivity contribution in [1.29, 1.82) is 0 Å². The Balaban J connectivity index is 2.37. The maximum atomic E-state index is 11.3. The Morgan fingerprint density at radius 2 is 2.29 bits per heavy atom. The van der Waals surface area contributed by atoms with E-state index in [2.05, 4.69) is 0 Å². The average molecular weight is 191 g/mol. The van der Waals surface area contributed by atoms with Crippen LogP contribution in [0.1, 0.15) is 18.9 Å². The molecule has 3 nitrogen and oxygen atoms in total. The van der Waals surface area contributed by atoms with Crippen molar-refractivity contribution in [2.75, 3.05) is 0 Å². The lowest BCUT2D eigenvalue weighted by Gasteiger charge is -2.23. The summed E-state index contributed by atoms with van der Waals surface area (Å²) in [6.45, 7) is 1.91. The molecule has 0 radical (unpaired) electrons. The number of fused-ring (bicyclic) bond motifs is 1. The molecule has 1 aromatic carbocycles. The first-order valence-electron chi connectivity index (χ1n) is 4.75. The van der Waals surface area contributed by atoms with E-state index in [9.17, 15) is 4.79 Å². The predicted molar refractivity (Wildman–Crippen MR) is 53.0 cm³/mol. The molecule has 0 saturated heterocycles. The summed E-state index contributed by atoms with van der Waals surface area (Å²) in [7, 11) is 0. The minimum Gasteiger partial charge on any atom is -0.477 e. The molecule has 1 atom stereocenters. The summed E-state index contributed by atoms with van der Waals surface area (Å²) in [5.41, 5.74) is 5.61. The highest BCUT2D eigenvalue weighted by molar-refractivity contribution is 5.85. The van der Waals surface area contributed by atoms with Crippen LogP contribution in [0.3, 0.4) is 0 Å². The summed E-state index contributed by atoms with van der Waals surface area (Å²) in [6, 6.07) is 7.67. The van der Waals surface area contributed by atoms with Gasteiger partial charge in [0.05, 0.1) is 0 Å². The number of amides is 1. The lowest BCUT2D eigenvalue weighted by atomic mass is 9.94. The third kappa shape index (κ3) is 1.16. The van der Waals surface area contributed by atoms with Crippen molar-refractivity contribution in [3.05, 3.63) is 29.8 Å². The van der Waals surface area contributed by atoms with Gasteiger partial charge in [-0.25, -0.2) is 0 Å². The maximum Gasteiger partial charge on any atom is 0.261 e. The number of benzene rings is 1. The zero-order chi connectivity index (χ0) is 10.2. The van der Waals surface area contributed by atoms with E-state index in [0.29, 0.717) is 12.8 Å². The van der Waals surface area contributed by atoms with Crippen LogP contribution in [0.15, 0.2) is 24.3 Å². The van der Waals surface area contributed by atoms with Crippen molar-refractivity contribution in [3.8, 4) is 5.75 Å². The Morgan fingerprint density at radius 1 is 1.57 bits per heavy atom. The molecule has 2 rings (SSSR count). The number of carbonyl (C=O) groups excluding carboxylic acids is 1. The van der Waals surface area contributed by atoms with E-state index in [1.54, 1.807) is 0 Å². The van der Waals surface area contributed by atoms with Crippen molar-refractivity contribution in [2.45, 2.75) is 25.4 Å². The van der Waals surface area contributed by atoms with Crippen LogP contribution in [0.25, 0.3) is 0 Å². The van der Waals surface area contributed by atoms with Gasteiger partial charge in [0.2, 0.25) is 0 Å². The summed E-state index contributed by atoms with van der Waals surface area (Å²) in [5, 5.41) is 0. The van der Waals surface area contributed by atoms with Gasteiger partial charge in [-0.05, 0) is 18.1 Å². The van der Waals surface area contributed by atoms with Gasteiger partial charge in [-0.2, -0.15) is 0 Å². The molecule has 2 N–H and O–H groups in total. The normalized spacial score (nSPS) is 24.1. The van der Waals surface area contributed by atoms with E-state index in [0.717, 1.165) is 11.3 Å². The number of nitrogens with two attached hydrogens (primary N) is 1. The third-order valence-corrected chi connectivity index (χ3v) is 2.77. The third-order valence-electron chi connectivity index (χ3n) is 2.77. The second-order valence-electron chi connectivity index (χ2n) is 3.60. The molecule has 14 heavy (non-hydrogen) atoms. The van der Waals surface area contributed by atoms with Crippen molar-refractivity contribution < 1.29 is 9.53 Å². The Hall–Kier alpha value is -1.51. The molecule has 0 aliphatic carbocycles. The fourth-order valence-electron chi connectivity index (χ4n) is 1.81. The van der Waals surface area contributed by atoms with Crippen molar-refractivity contribution >= 4 is 5.91 Å². The Bertz CT molecular complexity index is 348. The molecule has 1 heterocycles. The number of hydrogen-bond acceptors (Lipinski definition) is 2. The molecular formula is C11H13NO2. The van der Waals surface area contributed by atoms with Crippen LogP contribution in [-0.2, 0) is 11.2 Å². The summed E-state index contributed by atoms with van der Waals surface area (Å²) in [6.07, 6.45) is 1.20. The number of hydrogen-bond donors (Lipinski definition) is 1. The van der Waals surface area contributed by atoms with Gasteiger partial charge in [-0.3, -0.25) is 4.79 Å². The SMILES string of the molecule is CCC1(C(N)=O)Cc2ccccc2O1. The van der Waals surface area contributed by atoms with Gasteiger partial charge < -0.3 is 10.5 Å². The van der Waals surface area contributed by atoms with Crippen LogP contribution in [0.4, 0.5) is 0 Å². The Morgan fingerprint density at radius 3 is 2.86 bits per heavy atom. The van der Waals surface area contributed by atoms with Crippen molar-refractivity contribution in [3.63, 3.8) is 0 Å². The molecule has 3 heteroatoms. The maximum absolute atomic E-state index is 11.3. The van der Waals surface area contributed by atoms with Crippen LogP contribution in [0.2, 0.25) is 0 Å². The highest BCUT2D eigenvalue weighted by Gasteiger charge is 2.42. The number of para-hydroxylation sites is 1. The fourth-order valence-corrected chi connectivity index (χ4v) is 1.81. The summed E-state index contributed by atoms with van der Waals surface area (Å²) >= 11 is 0. The molecule has 1 aliphatic heterocycles. The van der Waals surface area contributed by atoms with E-state index >= 15 is 0 Å². The van der Waals surface area contributed by atoms with E-state index in [1.807, 2.05) is 31.2 Å². The summed E-state index contributed by atoms with van der Waals surface area (Å²) in [5.74, 6) is 0.407. The Labute approximate surface area is 82.9 Å². The fraction of sp³-hybridized carbons (Fsp3) is 0.364. The molecule has 1 aliphatic rings. The number of carbonyl (C=O) groups is 1. The summed E-state index contributed by atoms with van der Waals surface area (Å²) in [4.78, 5) is 11.3. The molecular weight excluding hydrogens is 178 g/mol. The van der Waals surface area contributed by atoms with Crippen LogP contribution in [-0.4, -0.2) is 11.5 Å². The molecule has 0 bridgehead atoms. The first kappa shape index (κ1) is 9.06. The molecule has 1 unspecified atom stereocenters. The van der Waals surface area contributed by atoms with E-state index < -0.39 is 5.60 Å². The molecule has 0 fully saturated rings. The first-order valence-corrected chi connectivity index (χ1v) is 4.75. The van der Waals surface area contributed by atoms with Crippen LogP contribution in [0.5, 0.6) is 5.75 Å². The number of primary amides is 1. The second kappa shape index (κ2) is 3.01. The molecule has 0 saturated carbocycles. The van der Waals surface area contributed by atoms with Crippen molar-refractivity contribution in [2.24, 2.45) is 5.73 Å². The van der Waals surface area contributed by atoms with Gasteiger partial charge in [-0.15, -0.1) is 0 Å². The van der Waals surface area contributed by atoms with Crippen molar-refractivity contribution in [1.82, 2.24) is 0 Å². The highest BCUT2D eigenvalue weighted by Crippen LogP contribution is 2.36.